The van der Waals surface area contributed by atoms with Crippen LogP contribution in [0.15, 0.2) is 18.2 Å². The highest BCUT2D eigenvalue weighted by Crippen LogP contribution is 2.65. The minimum atomic E-state index is -0.658. The molecule has 4 bridgehead atoms. The third kappa shape index (κ3) is 2.04. The van der Waals surface area contributed by atoms with E-state index >= 15 is 0 Å². The van der Waals surface area contributed by atoms with E-state index in [0.29, 0.717) is 11.8 Å². The summed E-state index contributed by atoms with van der Waals surface area (Å²) in [6, 6.07) is 3.23. The topological polar surface area (TPSA) is 17.1 Å². The average Bonchev–Trinajstić information content (AvgIpc) is 2.33. The number of hydrogen-bond acceptors (Lipinski definition) is 1. The van der Waals surface area contributed by atoms with E-state index in [1.807, 2.05) is 0 Å². The molecule has 2 unspecified atom stereocenters. The highest BCUT2D eigenvalue weighted by molar-refractivity contribution is 6.00. The van der Waals surface area contributed by atoms with Crippen molar-refractivity contribution in [1.29, 1.82) is 0 Å². The molecule has 0 spiro atoms. The first-order valence-electron chi connectivity index (χ1n) is 7.88. The first-order valence-corrected chi connectivity index (χ1v) is 7.88. The van der Waals surface area contributed by atoms with Crippen LogP contribution in [0.4, 0.5) is 8.78 Å². The van der Waals surface area contributed by atoms with Crippen LogP contribution < -0.4 is 0 Å². The van der Waals surface area contributed by atoms with Crippen LogP contribution in [0.3, 0.4) is 0 Å². The summed E-state index contributed by atoms with van der Waals surface area (Å²) in [5, 5.41) is 0. The zero-order valence-electron chi connectivity index (χ0n) is 12.3. The Hall–Kier alpha value is -1.25. The number of halogens is 2. The predicted octanol–water partition coefficient (Wildman–Crippen LogP) is 4.75. The Morgan fingerprint density at radius 2 is 1.62 bits per heavy atom. The van der Waals surface area contributed by atoms with Crippen LogP contribution in [0.1, 0.15) is 55.8 Å². The van der Waals surface area contributed by atoms with Gasteiger partial charge in [-0.3, -0.25) is 4.79 Å². The first kappa shape index (κ1) is 13.4. The van der Waals surface area contributed by atoms with E-state index < -0.39 is 11.6 Å². The first-order chi connectivity index (χ1) is 9.87. The summed E-state index contributed by atoms with van der Waals surface area (Å²) in [5.41, 5.74) is 0.114. The molecule has 0 aliphatic heterocycles. The van der Waals surface area contributed by atoms with Crippen molar-refractivity contribution < 1.29 is 13.6 Å². The van der Waals surface area contributed by atoms with E-state index in [1.165, 1.54) is 31.4 Å². The maximum atomic E-state index is 13.4. The number of Topliss-reactive ketones (excluding diaryl/α,β-unsaturated/α-hetero) is 1. The van der Waals surface area contributed by atoms with Crippen LogP contribution in [0.2, 0.25) is 0 Å². The average molecular weight is 290 g/mol. The molecule has 21 heavy (non-hydrogen) atoms. The van der Waals surface area contributed by atoms with Crippen molar-refractivity contribution in [2.75, 3.05) is 0 Å². The Morgan fingerprint density at radius 1 is 1.05 bits per heavy atom. The van der Waals surface area contributed by atoms with Gasteiger partial charge in [0.05, 0.1) is 0 Å². The largest absolute Gasteiger partial charge is 0.294 e. The molecule has 3 heteroatoms. The van der Waals surface area contributed by atoms with Gasteiger partial charge >= 0.3 is 0 Å². The van der Waals surface area contributed by atoms with Gasteiger partial charge in [0.1, 0.15) is 11.6 Å². The fourth-order valence-electron chi connectivity index (χ4n) is 5.98. The Labute approximate surface area is 123 Å². The molecule has 0 aromatic heterocycles. The lowest BCUT2D eigenvalue weighted by atomic mass is 9.43. The van der Waals surface area contributed by atoms with Crippen LogP contribution in [0, 0.1) is 34.3 Å². The van der Waals surface area contributed by atoms with Crippen LogP contribution in [0.25, 0.3) is 0 Å². The second-order valence-electron chi connectivity index (χ2n) is 8.04. The van der Waals surface area contributed by atoms with Crippen molar-refractivity contribution in [3.8, 4) is 0 Å². The third-order valence-corrected chi connectivity index (χ3v) is 5.96. The van der Waals surface area contributed by atoms with E-state index in [1.54, 1.807) is 0 Å². The molecule has 4 saturated carbocycles. The molecular formula is C18H20F2O. The summed E-state index contributed by atoms with van der Waals surface area (Å²) < 4.78 is 26.9. The zero-order chi connectivity index (χ0) is 14.8. The van der Waals surface area contributed by atoms with Crippen LogP contribution in [0.5, 0.6) is 0 Å². The predicted molar refractivity (Wildman–Crippen MR) is 75.9 cm³/mol. The van der Waals surface area contributed by atoms with Gasteiger partial charge in [0.2, 0.25) is 0 Å². The van der Waals surface area contributed by atoms with E-state index in [0.717, 1.165) is 25.3 Å². The van der Waals surface area contributed by atoms with Crippen molar-refractivity contribution in [3.05, 3.63) is 35.4 Å². The van der Waals surface area contributed by atoms with Crippen molar-refractivity contribution in [1.82, 2.24) is 0 Å². The maximum Gasteiger partial charge on any atom is 0.169 e. The van der Waals surface area contributed by atoms with Crippen LogP contribution in [-0.2, 0) is 0 Å². The van der Waals surface area contributed by atoms with Gasteiger partial charge in [-0.15, -0.1) is 0 Å². The molecule has 1 aromatic carbocycles. The fourth-order valence-corrected chi connectivity index (χ4v) is 5.98. The Morgan fingerprint density at radius 3 is 2.14 bits per heavy atom. The highest BCUT2D eigenvalue weighted by Gasteiger charge is 2.58. The molecule has 2 atom stereocenters. The Bertz CT molecular complexity index is 587. The molecule has 0 saturated heterocycles. The van der Waals surface area contributed by atoms with Gasteiger partial charge in [-0.1, -0.05) is 6.92 Å². The van der Waals surface area contributed by atoms with Crippen molar-refractivity contribution in [3.63, 3.8) is 0 Å². The summed E-state index contributed by atoms with van der Waals surface area (Å²) in [5.74, 6) is -0.0954. The van der Waals surface area contributed by atoms with E-state index in [-0.39, 0.29) is 22.2 Å². The summed E-state index contributed by atoms with van der Waals surface area (Å²) in [4.78, 5) is 13.0. The smallest absolute Gasteiger partial charge is 0.169 e. The second-order valence-corrected chi connectivity index (χ2v) is 8.04. The number of ketones is 1. The van der Waals surface area contributed by atoms with E-state index in [9.17, 15) is 13.6 Å². The van der Waals surface area contributed by atoms with Gasteiger partial charge < -0.3 is 0 Å². The van der Waals surface area contributed by atoms with E-state index in [2.05, 4.69) is 6.92 Å². The molecule has 1 aromatic rings. The molecule has 0 amide bonds. The molecule has 112 valence electrons. The van der Waals surface area contributed by atoms with Gasteiger partial charge in [0.25, 0.3) is 0 Å². The summed E-state index contributed by atoms with van der Waals surface area (Å²) >= 11 is 0. The summed E-state index contributed by atoms with van der Waals surface area (Å²) in [6.45, 7) is 2.29. The zero-order valence-corrected chi connectivity index (χ0v) is 12.3. The molecule has 4 aliphatic rings. The quantitative estimate of drug-likeness (QED) is 0.718. The number of benzene rings is 1. The highest BCUT2D eigenvalue weighted by atomic mass is 19.1. The van der Waals surface area contributed by atoms with Crippen molar-refractivity contribution in [2.45, 2.75) is 45.4 Å². The van der Waals surface area contributed by atoms with Gasteiger partial charge in [0.15, 0.2) is 5.78 Å². The normalized spacial score (nSPS) is 40.5. The molecule has 0 heterocycles. The molecule has 4 aliphatic carbocycles. The minimum absolute atomic E-state index is 0.0266. The molecule has 4 fully saturated rings. The number of rotatable bonds is 2. The lowest BCUT2D eigenvalue weighted by Gasteiger charge is -2.60. The van der Waals surface area contributed by atoms with Gasteiger partial charge in [-0.25, -0.2) is 8.78 Å². The van der Waals surface area contributed by atoms with E-state index in [4.69, 9.17) is 0 Å². The lowest BCUT2D eigenvalue weighted by molar-refractivity contribution is -0.0820. The standard InChI is InChI=1S/C18H20F2O/c1-17-6-11-2-12(7-17)9-18(8-11,10-17)16(21)13-3-14(19)5-15(20)4-13/h3-5,11-12H,2,6-10H2,1H3. The third-order valence-electron chi connectivity index (χ3n) is 5.96. The minimum Gasteiger partial charge on any atom is -0.294 e. The molecule has 5 rings (SSSR count). The number of carbonyl (C=O) groups excluding carboxylic acids is 1. The molecule has 0 N–H and O–H groups in total. The maximum absolute atomic E-state index is 13.4. The Kier molecular flexibility index (Phi) is 2.65. The van der Waals surface area contributed by atoms with Gasteiger partial charge in [-0.2, -0.15) is 0 Å². The fraction of sp³-hybridized carbons (Fsp3) is 0.611. The summed E-state index contributed by atoms with van der Waals surface area (Å²) in [7, 11) is 0. The molecular weight excluding hydrogens is 270 g/mol. The second kappa shape index (κ2) is 4.15. The van der Waals surface area contributed by atoms with Gasteiger partial charge in [-0.05, 0) is 67.9 Å². The molecule has 1 nitrogen and oxygen atoms in total. The number of carbonyl (C=O) groups is 1. The monoisotopic (exact) mass is 290 g/mol. The van der Waals surface area contributed by atoms with Crippen LogP contribution >= 0.6 is 0 Å². The number of hydrogen-bond donors (Lipinski definition) is 0. The van der Waals surface area contributed by atoms with Crippen molar-refractivity contribution in [2.24, 2.45) is 22.7 Å². The Balaban J connectivity index is 1.73. The van der Waals surface area contributed by atoms with Crippen molar-refractivity contribution >= 4 is 5.78 Å². The SMILES string of the molecule is CC12CC3CC(C1)CC(C(=O)c1cc(F)cc(F)c1)(C3)C2. The van der Waals surface area contributed by atoms with Gasteiger partial charge in [0, 0.05) is 17.0 Å². The molecule has 0 radical (unpaired) electrons. The lowest BCUT2D eigenvalue weighted by Crippen LogP contribution is -2.54. The van der Waals surface area contributed by atoms with Crippen LogP contribution in [-0.4, -0.2) is 5.78 Å². The summed E-state index contributed by atoms with van der Waals surface area (Å²) in [6.07, 6.45) is 6.39.